The van der Waals surface area contributed by atoms with Gasteiger partial charge < -0.3 is 30.1 Å². The lowest BCUT2D eigenvalue weighted by Gasteiger charge is -2.43. The van der Waals surface area contributed by atoms with E-state index in [9.17, 15) is 19.5 Å². The monoisotopic (exact) mass is 511 g/mol. The van der Waals surface area contributed by atoms with Gasteiger partial charge in [-0.25, -0.2) is 4.79 Å². The molecule has 0 aromatic heterocycles. The summed E-state index contributed by atoms with van der Waals surface area (Å²) in [7, 11) is 1.55. The second-order valence-corrected chi connectivity index (χ2v) is 10.3. The van der Waals surface area contributed by atoms with Crippen LogP contribution in [0.1, 0.15) is 64.1 Å². The number of hydrogen-bond donors (Lipinski definition) is 3. The molecule has 3 amide bonds. The summed E-state index contributed by atoms with van der Waals surface area (Å²) in [6.07, 6.45) is 1.61. The molecule has 2 aromatic carbocycles. The summed E-state index contributed by atoms with van der Waals surface area (Å²) in [5, 5.41) is 16.4. The van der Waals surface area contributed by atoms with Crippen molar-refractivity contribution in [3.63, 3.8) is 0 Å². The maximum absolute atomic E-state index is 13.8. The van der Waals surface area contributed by atoms with Crippen molar-refractivity contribution in [2.75, 3.05) is 12.4 Å². The maximum Gasteiger partial charge on any atom is 0.408 e. The number of ether oxygens (including phenoxy) is 2. The molecule has 2 atom stereocenters. The zero-order valence-corrected chi connectivity index (χ0v) is 22.3. The molecule has 3 rings (SSSR count). The van der Waals surface area contributed by atoms with E-state index in [-0.39, 0.29) is 11.8 Å². The number of carbonyl (C=O) groups is 3. The van der Waals surface area contributed by atoms with Gasteiger partial charge in [0.15, 0.2) is 0 Å². The van der Waals surface area contributed by atoms with Gasteiger partial charge in [-0.2, -0.15) is 0 Å². The minimum atomic E-state index is -1.12. The van der Waals surface area contributed by atoms with E-state index in [4.69, 9.17) is 9.47 Å². The molecule has 0 radical (unpaired) electrons. The van der Waals surface area contributed by atoms with Crippen molar-refractivity contribution in [2.45, 2.75) is 77.6 Å². The molecule has 9 heteroatoms. The van der Waals surface area contributed by atoms with Gasteiger partial charge in [0.25, 0.3) is 5.91 Å². The Kier molecular flexibility index (Phi) is 8.68. The Bertz CT molecular complexity index is 1120. The average molecular weight is 512 g/mol. The number of aryl methyl sites for hydroxylation is 1. The van der Waals surface area contributed by atoms with Gasteiger partial charge in [-0.3, -0.25) is 9.59 Å². The number of para-hydroxylation sites is 1. The van der Waals surface area contributed by atoms with E-state index < -0.39 is 35.6 Å². The third-order valence-electron chi connectivity index (χ3n) is 6.27. The Morgan fingerprint density at radius 1 is 1.08 bits per heavy atom. The summed E-state index contributed by atoms with van der Waals surface area (Å²) in [6.45, 7) is 8.51. The van der Waals surface area contributed by atoms with E-state index in [0.717, 1.165) is 6.42 Å². The second kappa shape index (κ2) is 11.5. The predicted molar refractivity (Wildman–Crippen MR) is 141 cm³/mol. The first-order valence-corrected chi connectivity index (χ1v) is 12.5. The summed E-state index contributed by atoms with van der Waals surface area (Å²) in [4.78, 5) is 41.5. The highest BCUT2D eigenvalue weighted by molar-refractivity contribution is 5.99. The van der Waals surface area contributed by atoms with Crippen LogP contribution < -0.4 is 15.4 Å². The van der Waals surface area contributed by atoms with E-state index in [0.29, 0.717) is 35.4 Å². The zero-order chi connectivity index (χ0) is 27.3. The summed E-state index contributed by atoms with van der Waals surface area (Å²) in [6, 6.07) is 9.66. The number of hydrogen-bond acceptors (Lipinski definition) is 6. The number of phenols is 1. The molecule has 1 fully saturated rings. The Morgan fingerprint density at radius 2 is 1.73 bits per heavy atom. The molecular weight excluding hydrogens is 474 g/mol. The molecule has 2 aromatic rings. The maximum atomic E-state index is 13.8. The topological polar surface area (TPSA) is 117 Å². The molecule has 0 aliphatic heterocycles. The number of rotatable bonds is 8. The van der Waals surface area contributed by atoms with E-state index in [1.165, 1.54) is 4.90 Å². The van der Waals surface area contributed by atoms with Crippen molar-refractivity contribution in [3.8, 4) is 11.5 Å². The van der Waals surface area contributed by atoms with E-state index in [2.05, 4.69) is 10.6 Å². The van der Waals surface area contributed by atoms with Gasteiger partial charge in [-0.05, 0) is 83.7 Å². The quantitative estimate of drug-likeness (QED) is 0.474. The van der Waals surface area contributed by atoms with Crippen LogP contribution in [-0.2, 0) is 14.3 Å². The minimum Gasteiger partial charge on any atom is -0.507 e. The van der Waals surface area contributed by atoms with Gasteiger partial charge in [-0.1, -0.05) is 18.2 Å². The Hall–Kier alpha value is -3.75. The first-order chi connectivity index (χ1) is 17.4. The molecular formula is C28H37N3O6. The van der Waals surface area contributed by atoms with Gasteiger partial charge in [-0.15, -0.1) is 0 Å². The van der Waals surface area contributed by atoms with Crippen LogP contribution in [0.2, 0.25) is 0 Å². The van der Waals surface area contributed by atoms with Crippen LogP contribution in [0.5, 0.6) is 11.5 Å². The van der Waals surface area contributed by atoms with Gasteiger partial charge in [0.2, 0.25) is 5.91 Å². The third kappa shape index (κ3) is 6.93. The van der Waals surface area contributed by atoms with Crippen molar-refractivity contribution >= 4 is 23.6 Å². The van der Waals surface area contributed by atoms with Crippen LogP contribution in [-0.4, -0.2) is 52.7 Å². The standard InChI is InChI=1S/C28H37N3O6/c1-17-9-7-12-22(24(17)32)23(25(33)30-19-13-15-21(36-6)16-14-19)31(20-10-8-11-20)26(34)18(2)29-27(35)37-28(3,4)5/h7,9,12-16,18,20,23,32H,8,10-11H2,1-6H3,(H,29,35)(H,30,33). The molecule has 37 heavy (non-hydrogen) atoms. The highest BCUT2D eigenvalue weighted by Gasteiger charge is 2.42. The fourth-order valence-corrected chi connectivity index (χ4v) is 4.16. The molecule has 1 saturated carbocycles. The lowest BCUT2D eigenvalue weighted by Crippen LogP contribution is -2.56. The number of anilines is 1. The number of phenolic OH excluding ortho intramolecular Hbond substituents is 1. The molecule has 0 saturated heterocycles. The van der Waals surface area contributed by atoms with Crippen molar-refractivity contribution in [3.05, 3.63) is 53.6 Å². The van der Waals surface area contributed by atoms with Gasteiger partial charge >= 0.3 is 6.09 Å². The number of alkyl carbamates (subject to hydrolysis) is 1. The number of nitrogens with zero attached hydrogens (tertiary/aromatic N) is 1. The SMILES string of the molecule is COc1ccc(NC(=O)C(c2cccc(C)c2O)N(C(=O)C(C)NC(=O)OC(C)(C)C)C2CCC2)cc1. The fourth-order valence-electron chi connectivity index (χ4n) is 4.16. The van der Waals surface area contributed by atoms with E-state index in [1.54, 1.807) is 84.2 Å². The summed E-state index contributed by atoms with van der Waals surface area (Å²) >= 11 is 0. The Labute approximate surface area is 218 Å². The van der Waals surface area contributed by atoms with Crippen molar-refractivity contribution in [1.82, 2.24) is 10.2 Å². The molecule has 9 nitrogen and oxygen atoms in total. The van der Waals surface area contributed by atoms with Gasteiger partial charge in [0.05, 0.1) is 7.11 Å². The molecule has 3 N–H and O–H groups in total. The molecule has 1 aliphatic rings. The summed E-state index contributed by atoms with van der Waals surface area (Å²) in [5.41, 5.74) is 0.689. The third-order valence-corrected chi connectivity index (χ3v) is 6.27. The van der Waals surface area contributed by atoms with E-state index in [1.807, 2.05) is 0 Å². The van der Waals surface area contributed by atoms with Crippen LogP contribution in [0.4, 0.5) is 10.5 Å². The lowest BCUT2D eigenvalue weighted by molar-refractivity contribution is -0.145. The first kappa shape index (κ1) is 27.8. The van der Waals surface area contributed by atoms with Crippen LogP contribution in [0.3, 0.4) is 0 Å². The van der Waals surface area contributed by atoms with Crippen LogP contribution in [0.25, 0.3) is 0 Å². The fraction of sp³-hybridized carbons (Fsp3) is 0.464. The van der Waals surface area contributed by atoms with Gasteiger partial charge in [0.1, 0.15) is 29.2 Å². The number of benzene rings is 2. The number of aromatic hydroxyl groups is 1. The molecule has 200 valence electrons. The van der Waals surface area contributed by atoms with Crippen LogP contribution >= 0.6 is 0 Å². The lowest BCUT2D eigenvalue weighted by atomic mass is 9.87. The highest BCUT2D eigenvalue weighted by Crippen LogP contribution is 2.38. The molecule has 1 aliphatic carbocycles. The highest BCUT2D eigenvalue weighted by atomic mass is 16.6. The predicted octanol–water partition coefficient (Wildman–Crippen LogP) is 4.68. The van der Waals surface area contributed by atoms with Crippen LogP contribution in [0, 0.1) is 6.92 Å². The van der Waals surface area contributed by atoms with E-state index >= 15 is 0 Å². The first-order valence-electron chi connectivity index (χ1n) is 12.5. The number of carbonyl (C=O) groups excluding carboxylic acids is 3. The number of methoxy groups -OCH3 is 1. The number of nitrogens with one attached hydrogen (secondary N) is 2. The smallest absolute Gasteiger partial charge is 0.408 e. The molecule has 0 bridgehead atoms. The second-order valence-electron chi connectivity index (χ2n) is 10.3. The van der Waals surface area contributed by atoms with Crippen molar-refractivity contribution in [2.24, 2.45) is 0 Å². The largest absolute Gasteiger partial charge is 0.507 e. The molecule has 0 spiro atoms. The van der Waals surface area contributed by atoms with Gasteiger partial charge in [0, 0.05) is 17.3 Å². The Balaban J connectivity index is 1.97. The van der Waals surface area contributed by atoms with Crippen molar-refractivity contribution in [1.29, 1.82) is 0 Å². The van der Waals surface area contributed by atoms with Crippen LogP contribution in [0.15, 0.2) is 42.5 Å². The van der Waals surface area contributed by atoms with Crippen molar-refractivity contribution < 1.29 is 29.0 Å². The summed E-state index contributed by atoms with van der Waals surface area (Å²) < 4.78 is 10.5. The number of amides is 3. The summed E-state index contributed by atoms with van der Waals surface area (Å²) in [5.74, 6) is -0.330. The Morgan fingerprint density at radius 3 is 2.27 bits per heavy atom. The molecule has 2 unspecified atom stereocenters. The average Bonchev–Trinajstić information content (AvgIpc) is 2.78. The minimum absolute atomic E-state index is 0.0535. The zero-order valence-electron chi connectivity index (χ0n) is 22.3. The molecule has 0 heterocycles. The normalized spacial score (nSPS) is 15.1.